The van der Waals surface area contributed by atoms with Crippen LogP contribution >= 0.6 is 0 Å². The fourth-order valence-corrected chi connectivity index (χ4v) is 2.66. The normalized spacial score (nSPS) is 12.0. The number of carboxylic acids is 1. The summed E-state index contributed by atoms with van der Waals surface area (Å²) in [6.07, 6.45) is 3.87. The minimum absolute atomic E-state index is 0.141. The van der Waals surface area contributed by atoms with Crippen molar-refractivity contribution in [3.63, 3.8) is 0 Å². The lowest BCUT2D eigenvalue weighted by molar-refractivity contribution is 0.0694. The molecule has 0 saturated heterocycles. The highest BCUT2D eigenvalue weighted by Crippen LogP contribution is 2.27. The van der Waals surface area contributed by atoms with Gasteiger partial charge in [-0.1, -0.05) is 30.3 Å². The number of nitrogens with two attached hydrogens (primary N) is 1. The molecule has 0 fully saturated rings. The van der Waals surface area contributed by atoms with Crippen LogP contribution in [0.3, 0.4) is 0 Å². The molecule has 0 aliphatic rings. The van der Waals surface area contributed by atoms with E-state index in [2.05, 4.69) is 4.98 Å². The van der Waals surface area contributed by atoms with Crippen molar-refractivity contribution in [3.05, 3.63) is 72.1 Å². The van der Waals surface area contributed by atoms with Crippen molar-refractivity contribution in [1.82, 2.24) is 4.98 Å². The van der Waals surface area contributed by atoms with Gasteiger partial charge in [-0.05, 0) is 30.2 Å². The van der Waals surface area contributed by atoms with Crippen LogP contribution in [0.2, 0.25) is 0 Å². The second-order valence-electron chi connectivity index (χ2n) is 5.60. The first-order chi connectivity index (χ1) is 11.6. The molecule has 24 heavy (non-hydrogen) atoms. The maximum Gasteiger partial charge on any atom is 0.340 e. The molecule has 1 heterocycles. The number of benzene rings is 2. The Morgan fingerprint density at radius 3 is 2.71 bits per heavy atom. The van der Waals surface area contributed by atoms with Gasteiger partial charge < -0.3 is 15.6 Å². The minimum atomic E-state index is -1.03. The molecule has 1 aromatic heterocycles. The lowest BCUT2D eigenvalue weighted by Crippen LogP contribution is -2.30. The van der Waals surface area contributed by atoms with Gasteiger partial charge >= 0.3 is 5.97 Å². The summed E-state index contributed by atoms with van der Waals surface area (Å²) in [6.45, 7) is 0.242. The summed E-state index contributed by atoms with van der Waals surface area (Å²) in [5.41, 5.74) is 7.37. The smallest absolute Gasteiger partial charge is 0.340 e. The van der Waals surface area contributed by atoms with E-state index in [1.165, 1.54) is 0 Å². The first kappa shape index (κ1) is 16.0. The molecule has 2 aromatic carbocycles. The van der Waals surface area contributed by atoms with Crippen LogP contribution in [0.4, 0.5) is 0 Å². The molecule has 5 nitrogen and oxygen atoms in total. The largest absolute Gasteiger partial charge is 0.491 e. The predicted octanol–water partition coefficient (Wildman–Crippen LogP) is 2.88. The zero-order valence-electron chi connectivity index (χ0n) is 13.1. The average molecular weight is 322 g/mol. The number of carboxylic acid groups (broad SMARTS) is 1. The fraction of sp³-hybridized carbons (Fsp3) is 0.158. The number of nitrogens with zero attached hydrogens (tertiary/aromatic N) is 1. The summed E-state index contributed by atoms with van der Waals surface area (Å²) in [7, 11) is 0. The van der Waals surface area contributed by atoms with Crippen molar-refractivity contribution >= 4 is 16.7 Å². The van der Waals surface area contributed by atoms with Gasteiger partial charge in [0, 0.05) is 29.2 Å². The van der Waals surface area contributed by atoms with Gasteiger partial charge in [-0.25, -0.2) is 4.79 Å². The molecule has 3 aromatic rings. The molecule has 122 valence electrons. The highest BCUT2D eigenvalue weighted by atomic mass is 16.5. The third-order valence-corrected chi connectivity index (χ3v) is 3.79. The van der Waals surface area contributed by atoms with Gasteiger partial charge in [0.25, 0.3) is 0 Å². The minimum Gasteiger partial charge on any atom is -0.491 e. The van der Waals surface area contributed by atoms with E-state index in [1.807, 2.05) is 30.3 Å². The van der Waals surface area contributed by atoms with Crippen LogP contribution in [0.1, 0.15) is 15.9 Å². The van der Waals surface area contributed by atoms with Crippen molar-refractivity contribution < 1.29 is 14.6 Å². The molecule has 0 aliphatic carbocycles. The molecule has 0 aliphatic heterocycles. The second-order valence-corrected chi connectivity index (χ2v) is 5.60. The predicted molar refractivity (Wildman–Crippen MR) is 92.3 cm³/mol. The summed E-state index contributed by atoms with van der Waals surface area (Å²) in [5, 5.41) is 10.9. The molecule has 3 N–H and O–H groups in total. The lowest BCUT2D eigenvalue weighted by atomic mass is 10.1. The van der Waals surface area contributed by atoms with E-state index in [4.69, 9.17) is 10.5 Å². The first-order valence-electron chi connectivity index (χ1n) is 7.67. The molecule has 3 rings (SSSR count). The van der Waals surface area contributed by atoms with Gasteiger partial charge in [-0.2, -0.15) is 0 Å². The number of hydrogen-bond acceptors (Lipinski definition) is 4. The lowest BCUT2D eigenvalue weighted by Gasteiger charge is -2.15. The zero-order valence-corrected chi connectivity index (χ0v) is 13.1. The summed E-state index contributed by atoms with van der Waals surface area (Å²) in [6, 6.07) is 14.8. The molecule has 0 saturated carbocycles. The van der Waals surface area contributed by atoms with Gasteiger partial charge in [0.2, 0.25) is 0 Å². The highest BCUT2D eigenvalue weighted by molar-refractivity contribution is 6.05. The maximum absolute atomic E-state index is 11.6. The van der Waals surface area contributed by atoms with Crippen LogP contribution in [0.5, 0.6) is 5.75 Å². The van der Waals surface area contributed by atoms with Gasteiger partial charge in [0.05, 0.1) is 0 Å². The molecule has 1 unspecified atom stereocenters. The van der Waals surface area contributed by atoms with Gasteiger partial charge in [0.15, 0.2) is 0 Å². The Morgan fingerprint density at radius 2 is 1.96 bits per heavy atom. The van der Waals surface area contributed by atoms with Gasteiger partial charge in [-0.3, -0.25) is 4.98 Å². The summed E-state index contributed by atoms with van der Waals surface area (Å²) in [5.74, 6) is -0.705. The Balaban J connectivity index is 1.77. The van der Waals surface area contributed by atoms with Gasteiger partial charge in [0.1, 0.15) is 17.9 Å². The molecular formula is C19H18N2O3. The SMILES string of the molecule is NC(COc1ccc2cnccc2c1C(=O)O)Cc1ccccc1. The topological polar surface area (TPSA) is 85.4 Å². The third-order valence-electron chi connectivity index (χ3n) is 3.79. The van der Waals surface area contributed by atoms with Crippen LogP contribution in [-0.4, -0.2) is 28.7 Å². The number of ether oxygens (including phenoxy) is 1. The number of fused-ring (bicyclic) bond motifs is 1. The van der Waals surface area contributed by atoms with Crippen LogP contribution in [0, 0.1) is 0 Å². The van der Waals surface area contributed by atoms with E-state index in [0.717, 1.165) is 10.9 Å². The number of aromatic carboxylic acids is 1. The Morgan fingerprint density at radius 1 is 1.17 bits per heavy atom. The molecular weight excluding hydrogens is 304 g/mol. The Hall–Kier alpha value is -2.92. The molecule has 1 atom stereocenters. The first-order valence-corrected chi connectivity index (χ1v) is 7.67. The van der Waals surface area contributed by atoms with Crippen LogP contribution in [0.25, 0.3) is 10.8 Å². The average Bonchev–Trinajstić information content (AvgIpc) is 2.60. The summed E-state index contributed by atoms with van der Waals surface area (Å²) < 4.78 is 5.71. The van der Waals surface area contributed by atoms with Crippen molar-refractivity contribution in [2.24, 2.45) is 5.73 Å². The number of carbonyl (C=O) groups is 1. The number of pyridine rings is 1. The number of hydrogen-bond donors (Lipinski definition) is 2. The Bertz CT molecular complexity index is 850. The van der Waals surface area contributed by atoms with Gasteiger partial charge in [-0.15, -0.1) is 0 Å². The molecule has 0 amide bonds. The van der Waals surface area contributed by atoms with Crippen LogP contribution < -0.4 is 10.5 Å². The van der Waals surface area contributed by atoms with E-state index < -0.39 is 5.97 Å². The zero-order chi connectivity index (χ0) is 16.9. The van der Waals surface area contributed by atoms with Crippen LogP contribution in [0.15, 0.2) is 60.9 Å². The Kier molecular flexibility index (Phi) is 4.72. The van der Waals surface area contributed by atoms with Crippen molar-refractivity contribution in [1.29, 1.82) is 0 Å². The summed E-state index contributed by atoms with van der Waals surface area (Å²) in [4.78, 5) is 15.7. The van der Waals surface area contributed by atoms with Crippen LogP contribution in [-0.2, 0) is 6.42 Å². The molecule has 0 bridgehead atoms. The molecule has 0 spiro atoms. The standard InChI is InChI=1S/C19H18N2O3/c20-15(10-13-4-2-1-3-5-13)12-24-17-7-6-14-11-21-9-8-16(14)18(17)19(22)23/h1-9,11,15H,10,12,20H2,(H,22,23). The number of aromatic nitrogens is 1. The van der Waals surface area contributed by atoms with E-state index in [-0.39, 0.29) is 18.2 Å². The van der Waals surface area contributed by atoms with E-state index in [1.54, 1.807) is 30.6 Å². The number of rotatable bonds is 6. The monoisotopic (exact) mass is 322 g/mol. The highest BCUT2D eigenvalue weighted by Gasteiger charge is 2.16. The van der Waals surface area contributed by atoms with Crippen molar-refractivity contribution in [2.75, 3.05) is 6.61 Å². The quantitative estimate of drug-likeness (QED) is 0.729. The van der Waals surface area contributed by atoms with Crippen molar-refractivity contribution in [3.8, 4) is 5.75 Å². The Labute approximate surface area is 139 Å². The maximum atomic E-state index is 11.6. The van der Waals surface area contributed by atoms with Crippen molar-refractivity contribution in [2.45, 2.75) is 12.5 Å². The second kappa shape index (κ2) is 7.10. The van der Waals surface area contributed by atoms with E-state index in [0.29, 0.717) is 17.6 Å². The molecule has 5 heteroatoms. The molecule has 0 radical (unpaired) electrons. The fourth-order valence-electron chi connectivity index (χ4n) is 2.66. The van der Waals surface area contributed by atoms with E-state index >= 15 is 0 Å². The van der Waals surface area contributed by atoms with E-state index in [9.17, 15) is 9.90 Å². The third kappa shape index (κ3) is 3.52. The summed E-state index contributed by atoms with van der Waals surface area (Å²) >= 11 is 0.